The third-order valence-corrected chi connectivity index (χ3v) is 6.18. The van der Waals surface area contributed by atoms with Crippen molar-refractivity contribution in [2.24, 2.45) is 0 Å². The fourth-order valence-electron chi connectivity index (χ4n) is 3.64. The van der Waals surface area contributed by atoms with Crippen molar-refractivity contribution >= 4 is 23.5 Å². The zero-order valence-electron chi connectivity index (χ0n) is 19.0. The number of furan rings is 1. The molecule has 8 nitrogen and oxygen atoms in total. The number of nitrogens with one attached hydrogen (secondary N) is 1. The van der Waals surface area contributed by atoms with Crippen LogP contribution in [0.4, 0.5) is 10.2 Å². The number of nitrogens with zero attached hydrogens (tertiary/aromatic N) is 5. The molecule has 0 radical (unpaired) electrons. The van der Waals surface area contributed by atoms with Gasteiger partial charge in [0.05, 0.1) is 29.0 Å². The highest BCUT2D eigenvalue weighted by molar-refractivity contribution is 7.99. The first-order chi connectivity index (χ1) is 17.0. The van der Waals surface area contributed by atoms with Gasteiger partial charge in [-0.1, -0.05) is 30.0 Å². The highest BCUT2D eigenvalue weighted by Crippen LogP contribution is 2.30. The molecule has 0 unspecified atom stereocenters. The lowest BCUT2D eigenvalue weighted by molar-refractivity contribution is -0.113. The van der Waals surface area contributed by atoms with Crippen LogP contribution in [0.2, 0.25) is 0 Å². The Hall–Kier alpha value is -4.18. The van der Waals surface area contributed by atoms with Gasteiger partial charge in [-0.2, -0.15) is 5.10 Å². The summed E-state index contributed by atoms with van der Waals surface area (Å²) in [6, 6.07) is 19.2. The van der Waals surface area contributed by atoms with Crippen LogP contribution in [-0.2, 0) is 4.79 Å². The van der Waals surface area contributed by atoms with E-state index in [9.17, 15) is 9.18 Å². The van der Waals surface area contributed by atoms with Crippen LogP contribution in [-0.4, -0.2) is 36.2 Å². The van der Waals surface area contributed by atoms with Crippen molar-refractivity contribution in [3.63, 3.8) is 0 Å². The predicted molar refractivity (Wildman–Crippen MR) is 131 cm³/mol. The molecule has 5 aromatic rings. The van der Waals surface area contributed by atoms with Crippen LogP contribution in [0.15, 0.2) is 82.6 Å². The van der Waals surface area contributed by atoms with Crippen molar-refractivity contribution < 1.29 is 13.6 Å². The van der Waals surface area contributed by atoms with E-state index in [1.165, 1.54) is 23.9 Å². The molecule has 1 N–H and O–H groups in total. The summed E-state index contributed by atoms with van der Waals surface area (Å²) in [4.78, 5) is 12.9. The predicted octanol–water partition coefficient (Wildman–Crippen LogP) is 5.20. The number of anilines is 1. The Labute approximate surface area is 204 Å². The molecule has 0 spiro atoms. The summed E-state index contributed by atoms with van der Waals surface area (Å²) in [5.41, 5.74) is 3.07. The highest BCUT2D eigenvalue weighted by Gasteiger charge is 2.20. The van der Waals surface area contributed by atoms with Gasteiger partial charge in [0.1, 0.15) is 17.4 Å². The van der Waals surface area contributed by atoms with Gasteiger partial charge in [-0.05, 0) is 56.3 Å². The van der Waals surface area contributed by atoms with Crippen LogP contribution in [0.5, 0.6) is 0 Å². The quantitative estimate of drug-likeness (QED) is 0.317. The normalized spacial score (nSPS) is 11.1. The first kappa shape index (κ1) is 22.6. The minimum absolute atomic E-state index is 0.100. The molecule has 5 rings (SSSR count). The number of aryl methyl sites for hydroxylation is 2. The number of hydrogen-bond acceptors (Lipinski definition) is 6. The highest BCUT2D eigenvalue weighted by atomic mass is 32.2. The summed E-state index contributed by atoms with van der Waals surface area (Å²) < 4.78 is 22.3. The number of hydrogen-bond donors (Lipinski definition) is 1. The molecule has 0 fully saturated rings. The van der Waals surface area contributed by atoms with Crippen molar-refractivity contribution in [2.75, 3.05) is 11.1 Å². The third-order valence-electron chi connectivity index (χ3n) is 5.25. The Morgan fingerprint density at radius 1 is 1.03 bits per heavy atom. The monoisotopic (exact) mass is 488 g/mol. The fraction of sp³-hybridized carbons (Fsp3) is 0.120. The molecule has 0 saturated carbocycles. The SMILES string of the molecule is Cc1cc(NC(=O)CSc2nnc(-c3ccoc3C)n2-c2ccccc2)n(-c2ccc(F)cc2)n1. The molecule has 1 amide bonds. The Balaban J connectivity index is 1.37. The first-order valence-corrected chi connectivity index (χ1v) is 11.8. The Morgan fingerprint density at radius 3 is 2.51 bits per heavy atom. The minimum atomic E-state index is -0.341. The number of aromatic nitrogens is 5. The van der Waals surface area contributed by atoms with E-state index >= 15 is 0 Å². The molecule has 35 heavy (non-hydrogen) atoms. The zero-order chi connectivity index (χ0) is 24.4. The van der Waals surface area contributed by atoms with Gasteiger partial charge >= 0.3 is 0 Å². The summed E-state index contributed by atoms with van der Waals surface area (Å²) in [7, 11) is 0. The van der Waals surface area contributed by atoms with E-state index < -0.39 is 0 Å². The van der Waals surface area contributed by atoms with Gasteiger partial charge in [-0.15, -0.1) is 10.2 Å². The smallest absolute Gasteiger partial charge is 0.236 e. The number of carbonyl (C=O) groups excluding carboxylic acids is 1. The van der Waals surface area contributed by atoms with Crippen molar-refractivity contribution in [1.29, 1.82) is 0 Å². The number of carbonyl (C=O) groups is 1. The van der Waals surface area contributed by atoms with Gasteiger partial charge in [-0.25, -0.2) is 9.07 Å². The summed E-state index contributed by atoms with van der Waals surface area (Å²) in [5, 5.41) is 16.6. The van der Waals surface area contributed by atoms with Gasteiger partial charge in [0.15, 0.2) is 11.0 Å². The molecule has 0 saturated heterocycles. The molecule has 0 bridgehead atoms. The van der Waals surface area contributed by atoms with Crippen LogP contribution in [0.1, 0.15) is 11.5 Å². The summed E-state index contributed by atoms with van der Waals surface area (Å²) >= 11 is 1.27. The van der Waals surface area contributed by atoms with Gasteiger partial charge in [0.2, 0.25) is 5.91 Å². The number of para-hydroxylation sites is 1. The van der Waals surface area contributed by atoms with Crippen molar-refractivity contribution in [3.05, 3.63) is 90.3 Å². The summed E-state index contributed by atoms with van der Waals surface area (Å²) in [6.45, 7) is 3.69. The standard InChI is InChI=1S/C25H21FN6O2S/c1-16-14-22(32(30-16)20-10-8-18(26)9-11-20)27-23(33)15-35-25-29-28-24(21-12-13-34-17(21)2)31(25)19-6-4-3-5-7-19/h3-14H,15H2,1-2H3,(H,27,33). The molecular weight excluding hydrogens is 467 g/mol. The Morgan fingerprint density at radius 2 is 1.80 bits per heavy atom. The largest absolute Gasteiger partial charge is 0.469 e. The molecule has 176 valence electrons. The van der Waals surface area contributed by atoms with Crippen LogP contribution < -0.4 is 5.32 Å². The number of amides is 1. The van der Waals surface area contributed by atoms with Crippen LogP contribution in [0.3, 0.4) is 0 Å². The zero-order valence-corrected chi connectivity index (χ0v) is 19.8. The third kappa shape index (κ3) is 4.73. The lowest BCUT2D eigenvalue weighted by Crippen LogP contribution is -2.17. The molecule has 0 aliphatic heterocycles. The second-order valence-electron chi connectivity index (χ2n) is 7.76. The molecule has 2 aromatic carbocycles. The van der Waals surface area contributed by atoms with Crippen LogP contribution >= 0.6 is 11.8 Å². The second kappa shape index (κ2) is 9.59. The second-order valence-corrected chi connectivity index (χ2v) is 8.71. The van der Waals surface area contributed by atoms with E-state index in [-0.39, 0.29) is 17.5 Å². The van der Waals surface area contributed by atoms with E-state index in [2.05, 4.69) is 20.6 Å². The first-order valence-electron chi connectivity index (χ1n) is 10.8. The van der Waals surface area contributed by atoms with E-state index in [4.69, 9.17) is 4.42 Å². The van der Waals surface area contributed by atoms with Crippen molar-refractivity contribution in [2.45, 2.75) is 19.0 Å². The average molecular weight is 489 g/mol. The number of benzene rings is 2. The van der Waals surface area contributed by atoms with E-state index in [0.29, 0.717) is 22.5 Å². The molecule has 3 heterocycles. The molecule has 0 aliphatic rings. The Bertz CT molecular complexity index is 1470. The summed E-state index contributed by atoms with van der Waals surface area (Å²) in [5.74, 6) is 1.39. The lowest BCUT2D eigenvalue weighted by Gasteiger charge is -2.11. The van der Waals surface area contributed by atoms with Gasteiger partial charge in [0.25, 0.3) is 0 Å². The number of halogens is 1. The van der Waals surface area contributed by atoms with E-state index in [1.807, 2.05) is 54.8 Å². The maximum Gasteiger partial charge on any atom is 0.236 e. The maximum atomic E-state index is 13.3. The number of rotatable bonds is 7. The van der Waals surface area contributed by atoms with E-state index in [0.717, 1.165) is 22.7 Å². The summed E-state index contributed by atoms with van der Waals surface area (Å²) in [6.07, 6.45) is 1.61. The maximum absolute atomic E-state index is 13.3. The van der Waals surface area contributed by atoms with Crippen molar-refractivity contribution in [1.82, 2.24) is 24.5 Å². The van der Waals surface area contributed by atoms with Crippen LogP contribution in [0, 0.1) is 19.7 Å². The fourth-order valence-corrected chi connectivity index (χ4v) is 4.39. The van der Waals surface area contributed by atoms with Crippen LogP contribution in [0.25, 0.3) is 22.8 Å². The molecule has 0 aliphatic carbocycles. The Kier molecular flexibility index (Phi) is 6.19. The van der Waals surface area contributed by atoms with Gasteiger partial charge < -0.3 is 9.73 Å². The van der Waals surface area contributed by atoms with E-state index in [1.54, 1.807) is 29.1 Å². The molecular formula is C25H21FN6O2S. The van der Waals surface area contributed by atoms with Crippen molar-refractivity contribution in [3.8, 4) is 22.8 Å². The molecule has 0 atom stereocenters. The van der Waals surface area contributed by atoms with Gasteiger partial charge in [-0.3, -0.25) is 9.36 Å². The molecule has 3 aromatic heterocycles. The average Bonchev–Trinajstić information content (AvgIpc) is 3.56. The minimum Gasteiger partial charge on any atom is -0.469 e. The number of thioether (sulfide) groups is 1. The molecule has 10 heteroatoms. The van der Waals surface area contributed by atoms with Gasteiger partial charge in [0, 0.05) is 11.8 Å². The lowest BCUT2D eigenvalue weighted by atomic mass is 10.2. The topological polar surface area (TPSA) is 90.8 Å².